The first kappa shape index (κ1) is 12.9. The number of carbonyl (C=O) groups is 1. The third-order valence-electron chi connectivity index (χ3n) is 2.80. The average Bonchev–Trinajstić information content (AvgIpc) is 2.14. The number of nitrogens with one attached hydrogen (secondary N) is 1. The molecule has 1 N–H and O–H groups in total. The summed E-state index contributed by atoms with van der Waals surface area (Å²) in [7, 11) is 0. The minimum absolute atomic E-state index is 0.241. The van der Waals surface area contributed by atoms with E-state index in [1.807, 2.05) is 0 Å². The van der Waals surface area contributed by atoms with Crippen molar-refractivity contribution in [3.8, 4) is 0 Å². The molecule has 0 bridgehead atoms. The second-order valence-corrected chi connectivity index (χ2v) is 4.51. The van der Waals surface area contributed by atoms with Crippen LogP contribution in [0, 0.1) is 20.8 Å². The smallest absolute Gasteiger partial charge is 0.131 e. The van der Waals surface area contributed by atoms with E-state index in [0.29, 0.717) is 6.42 Å². The van der Waals surface area contributed by atoms with E-state index in [4.69, 9.17) is 0 Å². The molecular weight excluding hydrogens is 198 g/mol. The van der Waals surface area contributed by atoms with Crippen LogP contribution in [0.15, 0.2) is 12.1 Å². The molecule has 2 heteroatoms. The Morgan fingerprint density at radius 2 is 1.75 bits per heavy atom. The predicted molar refractivity (Wildman–Crippen MR) is 67.7 cm³/mol. The highest BCUT2D eigenvalue weighted by molar-refractivity contribution is 5.75. The Morgan fingerprint density at radius 3 is 2.25 bits per heavy atom. The third kappa shape index (κ3) is 3.78. The first-order valence-electron chi connectivity index (χ1n) is 5.77. The molecule has 0 aromatic heterocycles. The Hall–Kier alpha value is -1.15. The molecule has 1 aromatic rings. The van der Waals surface area contributed by atoms with Gasteiger partial charge in [0.15, 0.2) is 0 Å². The number of ketones is 1. The highest BCUT2D eigenvalue weighted by Gasteiger charge is 2.03. The zero-order valence-corrected chi connectivity index (χ0v) is 10.7. The van der Waals surface area contributed by atoms with E-state index in [9.17, 15) is 4.79 Å². The van der Waals surface area contributed by atoms with Crippen LogP contribution >= 0.6 is 0 Å². The standard InChI is InChI=1S/C14H21NO/c1-10-7-11(2)14(12(3)8-10)9-15-6-5-13(4)16/h7-8,15H,5-6,9H2,1-4H3. The van der Waals surface area contributed by atoms with Crippen molar-refractivity contribution in [3.63, 3.8) is 0 Å². The molecule has 0 unspecified atom stereocenters. The third-order valence-corrected chi connectivity index (χ3v) is 2.80. The summed E-state index contributed by atoms with van der Waals surface area (Å²) in [6, 6.07) is 4.41. The monoisotopic (exact) mass is 219 g/mol. The molecule has 0 fully saturated rings. The molecule has 1 rings (SSSR count). The lowest BCUT2D eigenvalue weighted by Crippen LogP contribution is -2.18. The number of benzene rings is 1. The fraction of sp³-hybridized carbons (Fsp3) is 0.500. The summed E-state index contributed by atoms with van der Waals surface area (Å²) in [6.45, 7) is 9.65. The van der Waals surface area contributed by atoms with Gasteiger partial charge in [0, 0.05) is 19.5 Å². The van der Waals surface area contributed by atoms with Gasteiger partial charge in [-0.1, -0.05) is 17.7 Å². The van der Waals surface area contributed by atoms with Crippen LogP contribution in [0.2, 0.25) is 0 Å². The summed E-state index contributed by atoms with van der Waals surface area (Å²) in [6.07, 6.45) is 0.615. The van der Waals surface area contributed by atoms with Gasteiger partial charge >= 0.3 is 0 Å². The van der Waals surface area contributed by atoms with Crippen LogP contribution in [-0.4, -0.2) is 12.3 Å². The van der Waals surface area contributed by atoms with Crippen molar-refractivity contribution >= 4 is 5.78 Å². The van der Waals surface area contributed by atoms with Crippen molar-refractivity contribution < 1.29 is 4.79 Å². The Balaban J connectivity index is 2.57. The van der Waals surface area contributed by atoms with Gasteiger partial charge in [-0.15, -0.1) is 0 Å². The Bertz CT molecular complexity index is 359. The quantitative estimate of drug-likeness (QED) is 0.771. The molecule has 0 aliphatic heterocycles. The van der Waals surface area contributed by atoms with Gasteiger partial charge in [-0.2, -0.15) is 0 Å². The molecule has 0 heterocycles. The number of hydrogen-bond donors (Lipinski definition) is 1. The topological polar surface area (TPSA) is 29.1 Å². The van der Waals surface area contributed by atoms with Gasteiger partial charge in [0.1, 0.15) is 5.78 Å². The molecule has 0 aliphatic rings. The SMILES string of the molecule is CC(=O)CCNCc1c(C)cc(C)cc1C. The van der Waals surface area contributed by atoms with Crippen molar-refractivity contribution in [1.29, 1.82) is 0 Å². The van der Waals surface area contributed by atoms with Crippen LogP contribution in [0.25, 0.3) is 0 Å². The number of aryl methyl sites for hydroxylation is 3. The minimum atomic E-state index is 0.241. The summed E-state index contributed by atoms with van der Waals surface area (Å²) < 4.78 is 0. The van der Waals surface area contributed by atoms with Crippen molar-refractivity contribution in [3.05, 3.63) is 34.4 Å². The van der Waals surface area contributed by atoms with Crippen molar-refractivity contribution in [2.24, 2.45) is 0 Å². The molecular formula is C14H21NO. The van der Waals surface area contributed by atoms with Gasteiger partial charge in [0.25, 0.3) is 0 Å². The second kappa shape index (κ2) is 5.80. The summed E-state index contributed by atoms with van der Waals surface area (Å²) in [5, 5.41) is 3.31. The lowest BCUT2D eigenvalue weighted by molar-refractivity contribution is -0.116. The fourth-order valence-corrected chi connectivity index (χ4v) is 1.97. The molecule has 0 saturated heterocycles. The number of Topliss-reactive ketones (excluding diaryl/α,β-unsaturated/α-hetero) is 1. The molecule has 0 amide bonds. The number of carbonyl (C=O) groups excluding carboxylic acids is 1. The van der Waals surface area contributed by atoms with Crippen LogP contribution in [0.3, 0.4) is 0 Å². The van der Waals surface area contributed by atoms with Gasteiger partial charge in [-0.25, -0.2) is 0 Å². The molecule has 1 aromatic carbocycles. The molecule has 2 nitrogen and oxygen atoms in total. The first-order chi connectivity index (χ1) is 7.50. The summed E-state index contributed by atoms with van der Waals surface area (Å²) >= 11 is 0. The summed E-state index contributed by atoms with van der Waals surface area (Å²) in [5.41, 5.74) is 5.32. The number of hydrogen-bond acceptors (Lipinski definition) is 2. The number of rotatable bonds is 5. The fourth-order valence-electron chi connectivity index (χ4n) is 1.97. The van der Waals surface area contributed by atoms with Crippen LogP contribution in [0.1, 0.15) is 35.6 Å². The molecule has 0 radical (unpaired) electrons. The lowest BCUT2D eigenvalue weighted by atomic mass is 10.00. The van der Waals surface area contributed by atoms with Gasteiger partial charge in [0.2, 0.25) is 0 Å². The Labute approximate surface area is 98.1 Å². The lowest BCUT2D eigenvalue weighted by Gasteiger charge is -2.12. The highest BCUT2D eigenvalue weighted by Crippen LogP contribution is 2.15. The summed E-state index contributed by atoms with van der Waals surface area (Å²) in [5.74, 6) is 0.241. The van der Waals surface area contributed by atoms with E-state index < -0.39 is 0 Å². The van der Waals surface area contributed by atoms with E-state index in [1.165, 1.54) is 22.3 Å². The van der Waals surface area contributed by atoms with Gasteiger partial charge in [-0.05, 0) is 44.4 Å². The Kier molecular flexibility index (Phi) is 4.69. The van der Waals surface area contributed by atoms with Crippen LogP contribution < -0.4 is 5.32 Å². The van der Waals surface area contributed by atoms with Gasteiger partial charge in [-0.3, -0.25) is 4.79 Å². The highest BCUT2D eigenvalue weighted by atomic mass is 16.1. The van der Waals surface area contributed by atoms with E-state index in [2.05, 4.69) is 38.2 Å². The van der Waals surface area contributed by atoms with E-state index in [0.717, 1.165) is 13.1 Å². The largest absolute Gasteiger partial charge is 0.312 e. The van der Waals surface area contributed by atoms with Gasteiger partial charge < -0.3 is 5.32 Å². The first-order valence-corrected chi connectivity index (χ1v) is 5.77. The zero-order chi connectivity index (χ0) is 12.1. The molecule has 0 saturated carbocycles. The van der Waals surface area contributed by atoms with Crippen LogP contribution in [-0.2, 0) is 11.3 Å². The molecule has 0 aliphatic carbocycles. The molecule has 16 heavy (non-hydrogen) atoms. The maximum absolute atomic E-state index is 10.8. The van der Waals surface area contributed by atoms with Crippen molar-refractivity contribution in [2.45, 2.75) is 40.7 Å². The predicted octanol–water partition coefficient (Wildman–Crippen LogP) is 2.68. The molecule has 88 valence electrons. The molecule has 0 atom stereocenters. The minimum Gasteiger partial charge on any atom is -0.312 e. The molecule has 0 spiro atoms. The maximum atomic E-state index is 10.8. The van der Waals surface area contributed by atoms with E-state index in [1.54, 1.807) is 6.92 Å². The second-order valence-electron chi connectivity index (χ2n) is 4.51. The van der Waals surface area contributed by atoms with E-state index in [-0.39, 0.29) is 5.78 Å². The maximum Gasteiger partial charge on any atom is 0.131 e. The normalized spacial score (nSPS) is 10.5. The average molecular weight is 219 g/mol. The van der Waals surface area contributed by atoms with Crippen molar-refractivity contribution in [2.75, 3.05) is 6.54 Å². The summed E-state index contributed by atoms with van der Waals surface area (Å²) in [4.78, 5) is 10.8. The van der Waals surface area contributed by atoms with Crippen LogP contribution in [0.4, 0.5) is 0 Å². The van der Waals surface area contributed by atoms with Crippen LogP contribution in [0.5, 0.6) is 0 Å². The van der Waals surface area contributed by atoms with E-state index >= 15 is 0 Å². The van der Waals surface area contributed by atoms with Crippen molar-refractivity contribution in [1.82, 2.24) is 5.32 Å². The zero-order valence-electron chi connectivity index (χ0n) is 10.7. The van der Waals surface area contributed by atoms with Gasteiger partial charge in [0.05, 0.1) is 0 Å². The Morgan fingerprint density at radius 1 is 1.19 bits per heavy atom.